The van der Waals surface area contributed by atoms with Crippen LogP contribution >= 0.6 is 0 Å². The lowest BCUT2D eigenvalue weighted by atomic mass is 10.0. The summed E-state index contributed by atoms with van der Waals surface area (Å²) < 4.78 is 40.2. The highest BCUT2D eigenvalue weighted by Gasteiger charge is 2.62. The van der Waals surface area contributed by atoms with E-state index < -0.39 is 80.1 Å². The first kappa shape index (κ1) is 37.7. The fourth-order valence-corrected chi connectivity index (χ4v) is 8.58. The Hall–Kier alpha value is -5.58. The predicted octanol–water partition coefficient (Wildman–Crippen LogP) is 2.36. The molecule has 3 aliphatic heterocycles. The number of fused-ring (bicyclic) bond motifs is 12. The van der Waals surface area contributed by atoms with E-state index in [1.807, 2.05) is 18.2 Å². The molecule has 17 heteroatoms. The molecular weight excluding hydrogens is 731 g/mol. The van der Waals surface area contributed by atoms with Gasteiger partial charge in [-0.15, -0.1) is 6.58 Å². The van der Waals surface area contributed by atoms with Crippen LogP contribution in [0.5, 0.6) is 5.75 Å². The minimum absolute atomic E-state index is 0.0836. The molecule has 4 bridgehead atoms. The first-order valence-electron chi connectivity index (χ1n) is 18.3. The second-order valence-corrected chi connectivity index (χ2v) is 16.7. The normalized spacial score (nSPS) is 26.3. The molecule has 0 radical (unpaired) electrons. The minimum Gasteiger partial charge on any atom is -0.491 e. The number of carbonyl (C=O) groups is 4. The highest BCUT2D eigenvalue weighted by molar-refractivity contribution is 7.91. The number of nitrogens with one attached hydrogen (secondary N) is 3. The third kappa shape index (κ3) is 7.57. The number of aromatic nitrogens is 3. The van der Waals surface area contributed by atoms with Crippen molar-refractivity contribution in [3.05, 3.63) is 77.9 Å². The zero-order valence-corrected chi connectivity index (χ0v) is 31.3. The van der Waals surface area contributed by atoms with Crippen LogP contribution in [-0.2, 0) is 29.1 Å². The number of hydrogen-bond acceptors (Lipinski definition) is 11. The summed E-state index contributed by atoms with van der Waals surface area (Å²) in [7, 11) is -3.94. The third-order valence-electron chi connectivity index (χ3n) is 10.5. The maximum absolute atomic E-state index is 14.5. The minimum atomic E-state index is -3.94. The molecule has 2 unspecified atom stereocenters. The fourth-order valence-electron chi connectivity index (χ4n) is 7.22. The van der Waals surface area contributed by atoms with Crippen LogP contribution in [0.25, 0.3) is 22.0 Å². The summed E-state index contributed by atoms with van der Waals surface area (Å²) in [5.41, 5.74) is -0.739. The molecule has 2 aliphatic carbocycles. The van der Waals surface area contributed by atoms with Crippen molar-refractivity contribution in [3.8, 4) is 16.9 Å². The number of ether oxygens (including phenoxy) is 2. The molecule has 5 atom stereocenters. The van der Waals surface area contributed by atoms with Crippen LogP contribution in [0.2, 0.25) is 0 Å². The van der Waals surface area contributed by atoms with E-state index in [9.17, 15) is 32.4 Å². The number of carbonyl (C=O) groups excluding carboxylic acids is 4. The standard InChI is InChI=1S/C38H43N7O9S/c1-4-25-19-38(25,36(49)43-55(51,52)27-12-13-27)42-33(46)29-18-26-21-44(29)35(48)32(22(2)3)41-37(50)54-16-7-5-6-15-53-30-20-40-45(26)34(47)31(30)24-11-10-23-9-8-14-39-28(23)17-24/h4-5,7-11,14,17,20,22,25-27,29,32H,1,6,12-13,15-16,18-19,21H2,2-3H3,(H,41,50)(H,42,46)(H,43,49)/b7-5+/t25?,26-,29+,32+,38?/m1/s1. The predicted molar refractivity (Wildman–Crippen MR) is 200 cm³/mol. The number of pyridine rings is 1. The number of hydrogen-bond donors (Lipinski definition) is 3. The van der Waals surface area contributed by atoms with Gasteiger partial charge in [0.1, 0.15) is 24.2 Å². The summed E-state index contributed by atoms with van der Waals surface area (Å²) in [6.07, 6.45) is 8.40. The first-order chi connectivity index (χ1) is 26.3. The van der Waals surface area contributed by atoms with Gasteiger partial charge in [-0.1, -0.05) is 50.3 Å². The molecule has 4 amide bonds. The third-order valence-corrected chi connectivity index (χ3v) is 12.4. The van der Waals surface area contributed by atoms with E-state index in [1.54, 1.807) is 44.3 Å². The van der Waals surface area contributed by atoms with E-state index >= 15 is 0 Å². The van der Waals surface area contributed by atoms with Gasteiger partial charge in [0.2, 0.25) is 21.8 Å². The van der Waals surface area contributed by atoms with Gasteiger partial charge in [-0.05, 0) is 49.3 Å². The van der Waals surface area contributed by atoms with Crippen LogP contribution < -0.4 is 25.7 Å². The van der Waals surface area contributed by atoms with Crippen molar-refractivity contribution < 1.29 is 37.1 Å². The quantitative estimate of drug-likeness (QED) is 0.283. The smallest absolute Gasteiger partial charge is 0.408 e. The molecule has 1 aromatic carbocycles. The summed E-state index contributed by atoms with van der Waals surface area (Å²) >= 11 is 0. The van der Waals surface area contributed by atoms with Gasteiger partial charge in [0, 0.05) is 30.5 Å². The molecule has 1 saturated heterocycles. The summed E-state index contributed by atoms with van der Waals surface area (Å²) in [5, 5.41) is 10.1. The summed E-state index contributed by atoms with van der Waals surface area (Å²) in [6.45, 7) is 7.15. The van der Waals surface area contributed by atoms with Crippen molar-refractivity contribution in [2.45, 2.75) is 74.9 Å². The Bertz CT molecular complexity index is 2250. The summed E-state index contributed by atoms with van der Waals surface area (Å²) in [4.78, 5) is 75.4. The second-order valence-electron chi connectivity index (χ2n) is 14.7. The molecule has 5 heterocycles. The van der Waals surface area contributed by atoms with Gasteiger partial charge in [-0.25, -0.2) is 17.9 Å². The number of nitrogens with zero attached hydrogens (tertiary/aromatic N) is 4. The van der Waals surface area contributed by atoms with Gasteiger partial charge in [-0.3, -0.25) is 28.9 Å². The summed E-state index contributed by atoms with van der Waals surface area (Å²) in [5.74, 6) is -3.05. The molecule has 16 nitrogen and oxygen atoms in total. The maximum atomic E-state index is 14.5. The molecule has 290 valence electrons. The van der Waals surface area contributed by atoms with Gasteiger partial charge >= 0.3 is 6.09 Å². The van der Waals surface area contributed by atoms with Crippen LogP contribution in [0.3, 0.4) is 0 Å². The van der Waals surface area contributed by atoms with E-state index in [0.29, 0.717) is 30.3 Å². The molecule has 3 fully saturated rings. The van der Waals surface area contributed by atoms with Gasteiger partial charge in [0.25, 0.3) is 11.5 Å². The fraction of sp³-hybridized carbons (Fsp3) is 0.447. The Labute approximate surface area is 317 Å². The molecule has 3 aromatic rings. The van der Waals surface area contributed by atoms with Crippen LogP contribution in [0.15, 0.2) is 72.3 Å². The SMILES string of the molecule is C=CC1CC1(NC(=O)[C@@H]1C[C@@H]2CN1C(=O)[C@H](C(C)C)NC(=O)OC/C=C/CCOc1cnn2c(=O)c1-c1ccc2cccnc2c1)C(=O)NS(=O)(=O)C1CC1. The van der Waals surface area contributed by atoms with Gasteiger partial charge in [-0.2, -0.15) is 5.10 Å². The zero-order chi connectivity index (χ0) is 39.1. The Morgan fingerprint density at radius 3 is 2.65 bits per heavy atom. The number of rotatable bonds is 8. The van der Waals surface area contributed by atoms with Gasteiger partial charge in [0.05, 0.1) is 35.2 Å². The molecule has 2 aromatic heterocycles. The van der Waals surface area contributed by atoms with Crippen molar-refractivity contribution in [2.24, 2.45) is 11.8 Å². The highest BCUT2D eigenvalue weighted by Crippen LogP contribution is 2.46. The topological polar surface area (TPSA) is 208 Å². The first-order valence-corrected chi connectivity index (χ1v) is 19.9. The number of alkyl carbamates (subject to hydrolysis) is 1. The van der Waals surface area contributed by atoms with E-state index in [-0.39, 0.29) is 43.9 Å². The zero-order valence-electron chi connectivity index (χ0n) is 30.5. The second kappa shape index (κ2) is 14.9. The average Bonchev–Trinajstić information content (AvgIpc) is 4.09. The highest BCUT2D eigenvalue weighted by atomic mass is 32.2. The van der Waals surface area contributed by atoms with Gasteiger partial charge in [0.15, 0.2) is 5.75 Å². The molecule has 0 spiro atoms. The van der Waals surface area contributed by atoms with Crippen molar-refractivity contribution in [2.75, 3.05) is 19.8 Å². The van der Waals surface area contributed by atoms with Crippen LogP contribution in [0.1, 0.15) is 52.0 Å². The van der Waals surface area contributed by atoms with Crippen molar-refractivity contribution in [3.63, 3.8) is 0 Å². The molecule has 2 saturated carbocycles. The van der Waals surface area contributed by atoms with Crippen LogP contribution in [-0.4, -0.2) is 94.5 Å². The Morgan fingerprint density at radius 1 is 1.13 bits per heavy atom. The number of sulfonamides is 1. The van der Waals surface area contributed by atoms with Crippen molar-refractivity contribution in [1.82, 2.24) is 35.0 Å². The van der Waals surface area contributed by atoms with E-state index in [2.05, 4.69) is 32.0 Å². The monoisotopic (exact) mass is 773 g/mol. The van der Waals surface area contributed by atoms with Crippen LogP contribution in [0.4, 0.5) is 4.79 Å². The molecular formula is C38H43N7O9S. The van der Waals surface area contributed by atoms with Crippen LogP contribution in [0, 0.1) is 11.8 Å². The number of amides is 4. The largest absolute Gasteiger partial charge is 0.491 e. The summed E-state index contributed by atoms with van der Waals surface area (Å²) in [6, 6.07) is 5.91. The number of benzene rings is 1. The molecule has 55 heavy (non-hydrogen) atoms. The Morgan fingerprint density at radius 2 is 1.93 bits per heavy atom. The Balaban J connectivity index is 1.27. The lowest BCUT2D eigenvalue weighted by molar-refractivity contribution is -0.141. The van der Waals surface area contributed by atoms with E-state index in [4.69, 9.17) is 9.47 Å². The Kier molecular flexibility index (Phi) is 10.2. The van der Waals surface area contributed by atoms with Crippen molar-refractivity contribution in [1.29, 1.82) is 0 Å². The van der Waals surface area contributed by atoms with Crippen molar-refractivity contribution >= 4 is 44.7 Å². The maximum Gasteiger partial charge on any atom is 0.408 e. The lowest BCUT2D eigenvalue weighted by Gasteiger charge is -2.31. The molecule has 5 aliphatic rings. The average molecular weight is 774 g/mol. The molecule has 8 rings (SSSR count). The van der Waals surface area contributed by atoms with Gasteiger partial charge < -0.3 is 25.0 Å². The molecule has 3 N–H and O–H groups in total. The van der Waals surface area contributed by atoms with E-state index in [0.717, 1.165) is 5.39 Å². The lowest BCUT2D eigenvalue weighted by Crippen LogP contribution is -2.59. The van der Waals surface area contributed by atoms with E-state index in [1.165, 1.54) is 21.9 Å².